The van der Waals surface area contributed by atoms with Gasteiger partial charge in [0.1, 0.15) is 0 Å². The summed E-state index contributed by atoms with van der Waals surface area (Å²) in [6, 6.07) is 3.84. The Kier molecular flexibility index (Phi) is 4.28. The Labute approximate surface area is 110 Å². The zero-order valence-corrected chi connectivity index (χ0v) is 11.5. The van der Waals surface area contributed by atoms with Gasteiger partial charge in [-0.3, -0.25) is 14.7 Å². The minimum atomic E-state index is 0.00367. The molecule has 0 unspecified atom stereocenters. The maximum atomic E-state index is 11.6. The SMILES string of the molecule is CCN(CC)Cc1sc(=O)[nH]c1-c1ccncc1. The third kappa shape index (κ3) is 2.86. The first kappa shape index (κ1) is 13.0. The van der Waals surface area contributed by atoms with Crippen molar-refractivity contribution < 1.29 is 0 Å². The van der Waals surface area contributed by atoms with Gasteiger partial charge in [-0.1, -0.05) is 25.2 Å². The van der Waals surface area contributed by atoms with Crippen LogP contribution in [0.5, 0.6) is 0 Å². The Hall–Kier alpha value is -1.46. The molecule has 0 aromatic carbocycles. The van der Waals surface area contributed by atoms with Crippen LogP contribution in [0.1, 0.15) is 18.7 Å². The first-order chi connectivity index (χ1) is 8.74. The van der Waals surface area contributed by atoms with Gasteiger partial charge in [-0.25, -0.2) is 0 Å². The molecule has 0 amide bonds. The number of H-pyrrole nitrogens is 1. The molecule has 0 atom stereocenters. The Balaban J connectivity index is 2.34. The molecule has 0 aliphatic rings. The van der Waals surface area contributed by atoms with Crippen molar-refractivity contribution in [3.8, 4) is 11.3 Å². The van der Waals surface area contributed by atoms with E-state index in [9.17, 15) is 4.79 Å². The molecule has 4 nitrogen and oxygen atoms in total. The van der Waals surface area contributed by atoms with E-state index in [1.165, 1.54) is 11.3 Å². The van der Waals surface area contributed by atoms with E-state index in [4.69, 9.17) is 0 Å². The number of nitrogens with one attached hydrogen (secondary N) is 1. The molecule has 96 valence electrons. The molecule has 1 N–H and O–H groups in total. The van der Waals surface area contributed by atoms with Gasteiger partial charge in [-0.15, -0.1) is 0 Å². The molecule has 0 bridgehead atoms. The Morgan fingerprint density at radius 3 is 2.56 bits per heavy atom. The van der Waals surface area contributed by atoms with E-state index < -0.39 is 0 Å². The lowest BCUT2D eigenvalue weighted by atomic mass is 10.2. The number of nitrogens with zero attached hydrogens (tertiary/aromatic N) is 2. The number of pyridine rings is 1. The third-order valence-corrected chi connectivity index (χ3v) is 3.82. The Morgan fingerprint density at radius 2 is 1.94 bits per heavy atom. The smallest absolute Gasteiger partial charge is 0.305 e. The van der Waals surface area contributed by atoms with Gasteiger partial charge in [0.2, 0.25) is 0 Å². The van der Waals surface area contributed by atoms with Gasteiger partial charge in [0, 0.05) is 29.4 Å². The maximum Gasteiger partial charge on any atom is 0.305 e. The van der Waals surface area contributed by atoms with Gasteiger partial charge in [0.25, 0.3) is 0 Å². The van der Waals surface area contributed by atoms with Crippen molar-refractivity contribution in [3.63, 3.8) is 0 Å². The molecule has 18 heavy (non-hydrogen) atoms. The summed E-state index contributed by atoms with van der Waals surface area (Å²) in [5.41, 5.74) is 1.95. The lowest BCUT2D eigenvalue weighted by molar-refractivity contribution is 0.298. The largest absolute Gasteiger partial charge is 0.312 e. The molecule has 0 saturated heterocycles. The van der Waals surface area contributed by atoms with E-state index in [1.54, 1.807) is 12.4 Å². The molecule has 0 fully saturated rings. The molecule has 0 saturated carbocycles. The second kappa shape index (κ2) is 5.93. The number of hydrogen-bond acceptors (Lipinski definition) is 4. The van der Waals surface area contributed by atoms with Crippen LogP contribution in [0, 0.1) is 0 Å². The van der Waals surface area contributed by atoms with Crippen molar-refractivity contribution in [3.05, 3.63) is 39.1 Å². The second-order valence-corrected chi connectivity index (χ2v) is 5.08. The zero-order chi connectivity index (χ0) is 13.0. The highest BCUT2D eigenvalue weighted by Gasteiger charge is 2.12. The molecular weight excluding hydrogens is 246 g/mol. The first-order valence-electron chi connectivity index (χ1n) is 6.09. The number of hydrogen-bond donors (Lipinski definition) is 1. The fourth-order valence-corrected chi connectivity index (χ4v) is 2.77. The van der Waals surface area contributed by atoms with Crippen LogP contribution >= 0.6 is 11.3 Å². The maximum absolute atomic E-state index is 11.6. The summed E-state index contributed by atoms with van der Waals surface area (Å²) in [7, 11) is 0. The standard InChI is InChI=1S/C13H17N3OS/c1-3-16(4-2)9-11-12(15-13(17)18-11)10-5-7-14-8-6-10/h5-8H,3-4,9H2,1-2H3,(H,15,17). The van der Waals surface area contributed by atoms with Crippen LogP contribution in [-0.4, -0.2) is 28.0 Å². The van der Waals surface area contributed by atoms with E-state index in [1.807, 2.05) is 12.1 Å². The third-order valence-electron chi connectivity index (χ3n) is 2.95. The van der Waals surface area contributed by atoms with Gasteiger partial charge in [-0.2, -0.15) is 0 Å². The van der Waals surface area contributed by atoms with Crippen molar-refractivity contribution in [2.45, 2.75) is 20.4 Å². The van der Waals surface area contributed by atoms with Crippen LogP contribution in [-0.2, 0) is 6.54 Å². The molecular formula is C13H17N3OS. The number of aromatic nitrogens is 2. The minimum absolute atomic E-state index is 0.00367. The minimum Gasteiger partial charge on any atom is -0.312 e. The van der Waals surface area contributed by atoms with Gasteiger partial charge >= 0.3 is 4.87 Å². The van der Waals surface area contributed by atoms with Crippen LogP contribution < -0.4 is 4.87 Å². The summed E-state index contributed by atoms with van der Waals surface area (Å²) in [4.78, 5) is 21.9. The van der Waals surface area contributed by atoms with Crippen LogP contribution in [0.15, 0.2) is 29.3 Å². The average Bonchev–Trinajstić information content (AvgIpc) is 2.78. The van der Waals surface area contributed by atoms with Crippen LogP contribution in [0.2, 0.25) is 0 Å². The van der Waals surface area contributed by atoms with E-state index in [-0.39, 0.29) is 4.87 Å². The van der Waals surface area contributed by atoms with Gasteiger partial charge in [-0.05, 0) is 25.2 Å². The van der Waals surface area contributed by atoms with Crippen LogP contribution in [0.4, 0.5) is 0 Å². The molecule has 2 rings (SSSR count). The molecule has 2 heterocycles. The van der Waals surface area contributed by atoms with Crippen molar-refractivity contribution >= 4 is 11.3 Å². The quantitative estimate of drug-likeness (QED) is 0.900. The summed E-state index contributed by atoms with van der Waals surface area (Å²) < 4.78 is 0. The van der Waals surface area contributed by atoms with Crippen LogP contribution in [0.3, 0.4) is 0 Å². The fraction of sp³-hybridized carbons (Fsp3) is 0.385. The molecule has 2 aromatic heterocycles. The first-order valence-corrected chi connectivity index (χ1v) is 6.91. The highest BCUT2D eigenvalue weighted by atomic mass is 32.1. The summed E-state index contributed by atoms with van der Waals surface area (Å²) in [6.07, 6.45) is 3.49. The summed E-state index contributed by atoms with van der Waals surface area (Å²) >= 11 is 1.30. The lowest BCUT2D eigenvalue weighted by Gasteiger charge is -2.17. The predicted molar refractivity (Wildman–Crippen MR) is 74.8 cm³/mol. The highest BCUT2D eigenvalue weighted by molar-refractivity contribution is 7.09. The Morgan fingerprint density at radius 1 is 1.28 bits per heavy atom. The second-order valence-electron chi connectivity index (χ2n) is 4.01. The lowest BCUT2D eigenvalue weighted by Crippen LogP contribution is -2.21. The van der Waals surface area contributed by atoms with Gasteiger partial charge in [0.15, 0.2) is 0 Å². The van der Waals surface area contributed by atoms with Crippen LogP contribution in [0.25, 0.3) is 11.3 Å². The molecule has 5 heteroatoms. The molecule has 0 aliphatic carbocycles. The van der Waals surface area contributed by atoms with Crippen molar-refractivity contribution in [2.24, 2.45) is 0 Å². The van der Waals surface area contributed by atoms with Crippen molar-refractivity contribution in [2.75, 3.05) is 13.1 Å². The fourth-order valence-electron chi connectivity index (χ4n) is 1.87. The zero-order valence-electron chi connectivity index (χ0n) is 10.6. The summed E-state index contributed by atoms with van der Waals surface area (Å²) in [5.74, 6) is 0. The van der Waals surface area contributed by atoms with E-state index in [0.717, 1.165) is 35.8 Å². The molecule has 0 spiro atoms. The predicted octanol–water partition coefficient (Wildman–Crippen LogP) is 2.34. The average molecular weight is 263 g/mol. The molecule has 2 aromatic rings. The topological polar surface area (TPSA) is 49.0 Å². The van der Waals surface area contributed by atoms with E-state index in [2.05, 4.69) is 28.7 Å². The van der Waals surface area contributed by atoms with E-state index >= 15 is 0 Å². The van der Waals surface area contributed by atoms with E-state index in [0.29, 0.717) is 0 Å². The normalized spacial score (nSPS) is 11.1. The Bertz CT molecular complexity index is 543. The van der Waals surface area contributed by atoms with Crippen molar-refractivity contribution in [1.82, 2.24) is 14.9 Å². The number of thiazole rings is 1. The summed E-state index contributed by atoms with van der Waals surface area (Å²) in [6.45, 7) is 7.04. The van der Waals surface area contributed by atoms with Crippen molar-refractivity contribution in [1.29, 1.82) is 0 Å². The number of aromatic amines is 1. The molecule has 0 radical (unpaired) electrons. The number of rotatable bonds is 5. The molecule has 0 aliphatic heterocycles. The van der Waals surface area contributed by atoms with Gasteiger partial charge < -0.3 is 4.98 Å². The summed E-state index contributed by atoms with van der Waals surface area (Å²) in [5, 5.41) is 0. The highest BCUT2D eigenvalue weighted by Crippen LogP contribution is 2.23. The van der Waals surface area contributed by atoms with Gasteiger partial charge in [0.05, 0.1) is 5.69 Å². The monoisotopic (exact) mass is 263 g/mol.